The first kappa shape index (κ1) is 16.4. The van der Waals surface area contributed by atoms with E-state index >= 15 is 0 Å². The lowest BCUT2D eigenvalue weighted by molar-refractivity contribution is 0.397. The van der Waals surface area contributed by atoms with Gasteiger partial charge >= 0.3 is 0 Å². The normalized spacial score (nSPS) is 11.2. The molecule has 0 aliphatic heterocycles. The summed E-state index contributed by atoms with van der Waals surface area (Å²) in [6.07, 6.45) is 0. The number of rotatable bonds is 4. The van der Waals surface area contributed by atoms with Gasteiger partial charge in [0.15, 0.2) is 10.8 Å². The maximum Gasteiger partial charge on any atom is 0.190 e. The molecule has 2 aromatic heterocycles. The molecule has 3 aromatic rings. The Morgan fingerprint density at radius 1 is 1.09 bits per heavy atom. The summed E-state index contributed by atoms with van der Waals surface area (Å²) < 4.78 is 11.6. The van der Waals surface area contributed by atoms with Crippen LogP contribution in [0.2, 0.25) is 0 Å². The van der Waals surface area contributed by atoms with Gasteiger partial charge in [0.1, 0.15) is 15.2 Å². The van der Waals surface area contributed by atoms with Crippen LogP contribution in [-0.2, 0) is 0 Å². The number of hydrogen-bond acceptors (Lipinski definition) is 6. The maximum absolute atomic E-state index is 5.45. The number of hydrogen-bond donors (Lipinski definition) is 0. The van der Waals surface area contributed by atoms with Gasteiger partial charge in [-0.15, -0.1) is 11.3 Å². The largest absolute Gasteiger partial charge is 0.497 e. The summed E-state index contributed by atoms with van der Waals surface area (Å²) in [5.41, 5.74) is 1.85. The number of ether oxygens (including phenoxy) is 2. The van der Waals surface area contributed by atoms with Gasteiger partial charge < -0.3 is 9.47 Å². The molecule has 0 radical (unpaired) electrons. The topological polar surface area (TPSA) is 57.1 Å². The SMILES string of the molecule is COc1cc(OC)c2c(I)nc(-c3nc(C(C)C)cs3)nc2c1. The second kappa shape index (κ2) is 6.56. The zero-order chi connectivity index (χ0) is 16.6. The van der Waals surface area contributed by atoms with Crippen LogP contribution in [-0.4, -0.2) is 29.2 Å². The number of aromatic nitrogens is 3. The van der Waals surface area contributed by atoms with E-state index in [2.05, 4.69) is 56.8 Å². The number of nitrogens with zero attached hydrogens (tertiary/aromatic N) is 3. The van der Waals surface area contributed by atoms with Crippen molar-refractivity contribution in [3.63, 3.8) is 0 Å². The molecule has 0 amide bonds. The fraction of sp³-hybridized carbons (Fsp3) is 0.312. The van der Waals surface area contributed by atoms with Crippen LogP contribution in [0.25, 0.3) is 21.7 Å². The predicted octanol–water partition coefficient (Wildman–Crippen LogP) is 4.50. The van der Waals surface area contributed by atoms with Gasteiger partial charge in [-0.05, 0) is 28.5 Å². The van der Waals surface area contributed by atoms with Crippen molar-refractivity contribution in [2.24, 2.45) is 0 Å². The van der Waals surface area contributed by atoms with Crippen LogP contribution in [0.1, 0.15) is 25.5 Å². The van der Waals surface area contributed by atoms with Crippen molar-refractivity contribution in [3.8, 4) is 22.3 Å². The smallest absolute Gasteiger partial charge is 0.190 e. The Morgan fingerprint density at radius 3 is 2.48 bits per heavy atom. The van der Waals surface area contributed by atoms with Gasteiger partial charge in [0.05, 0.1) is 30.8 Å². The van der Waals surface area contributed by atoms with E-state index in [1.54, 1.807) is 25.6 Å². The van der Waals surface area contributed by atoms with E-state index in [1.165, 1.54) is 0 Å². The van der Waals surface area contributed by atoms with E-state index < -0.39 is 0 Å². The summed E-state index contributed by atoms with van der Waals surface area (Å²) in [6.45, 7) is 4.25. The molecule has 0 bridgehead atoms. The quantitative estimate of drug-likeness (QED) is 0.441. The van der Waals surface area contributed by atoms with Crippen molar-refractivity contribution in [3.05, 3.63) is 26.9 Å². The fourth-order valence-corrected chi connectivity index (χ4v) is 3.87. The van der Waals surface area contributed by atoms with Crippen LogP contribution in [0.4, 0.5) is 0 Å². The monoisotopic (exact) mass is 441 g/mol. The number of benzene rings is 1. The molecule has 0 saturated heterocycles. The summed E-state index contributed by atoms with van der Waals surface area (Å²) in [4.78, 5) is 13.9. The van der Waals surface area contributed by atoms with Crippen molar-refractivity contribution >= 4 is 44.8 Å². The molecule has 0 saturated carbocycles. The van der Waals surface area contributed by atoms with Gasteiger partial charge in [0.2, 0.25) is 0 Å². The number of methoxy groups -OCH3 is 2. The summed E-state index contributed by atoms with van der Waals surface area (Å²) >= 11 is 3.77. The summed E-state index contributed by atoms with van der Waals surface area (Å²) in [7, 11) is 3.26. The van der Waals surface area contributed by atoms with E-state index in [0.717, 1.165) is 25.3 Å². The van der Waals surface area contributed by atoms with Gasteiger partial charge in [-0.25, -0.2) is 15.0 Å². The Kier molecular flexibility index (Phi) is 4.67. The summed E-state index contributed by atoms with van der Waals surface area (Å²) in [5, 5.41) is 3.78. The molecule has 2 heterocycles. The lowest BCUT2D eigenvalue weighted by Gasteiger charge is -2.10. The molecule has 7 heteroatoms. The first-order valence-electron chi connectivity index (χ1n) is 7.08. The second-order valence-corrected chi connectivity index (χ2v) is 7.17. The van der Waals surface area contributed by atoms with Crippen molar-refractivity contribution in [1.82, 2.24) is 15.0 Å². The lowest BCUT2D eigenvalue weighted by Crippen LogP contribution is -1.98. The number of halogens is 1. The molecule has 0 unspecified atom stereocenters. The van der Waals surface area contributed by atoms with Gasteiger partial charge in [0.25, 0.3) is 0 Å². The van der Waals surface area contributed by atoms with E-state index in [1.807, 2.05) is 12.1 Å². The standard InChI is InChI=1S/C16H16IN3O2S/c1-8(2)11-7-23-16(19-11)15-18-10-5-9(21-3)6-12(22-4)13(10)14(17)20-15/h5-8H,1-4H3. The molecule has 0 fully saturated rings. The van der Waals surface area contributed by atoms with E-state index in [-0.39, 0.29) is 0 Å². The van der Waals surface area contributed by atoms with Crippen molar-refractivity contribution in [2.75, 3.05) is 14.2 Å². The van der Waals surface area contributed by atoms with E-state index in [4.69, 9.17) is 9.47 Å². The third-order valence-electron chi connectivity index (χ3n) is 3.45. The van der Waals surface area contributed by atoms with Gasteiger partial charge in [-0.1, -0.05) is 13.8 Å². The molecule has 0 aliphatic rings. The van der Waals surface area contributed by atoms with E-state index in [0.29, 0.717) is 23.2 Å². The molecule has 0 aliphatic carbocycles. The third kappa shape index (κ3) is 3.12. The van der Waals surface area contributed by atoms with Crippen LogP contribution in [0.15, 0.2) is 17.5 Å². The minimum atomic E-state index is 0.389. The first-order chi connectivity index (χ1) is 11.0. The Hall–Kier alpha value is -1.48. The highest BCUT2D eigenvalue weighted by Crippen LogP contribution is 2.34. The summed E-state index contributed by atoms with van der Waals surface area (Å²) in [5.74, 6) is 2.43. The van der Waals surface area contributed by atoms with Crippen molar-refractivity contribution in [1.29, 1.82) is 0 Å². The summed E-state index contributed by atoms with van der Waals surface area (Å²) in [6, 6.07) is 3.73. The molecular formula is C16H16IN3O2S. The molecule has 5 nitrogen and oxygen atoms in total. The molecule has 1 aromatic carbocycles. The fourth-order valence-electron chi connectivity index (χ4n) is 2.19. The maximum atomic E-state index is 5.45. The minimum absolute atomic E-state index is 0.389. The third-order valence-corrected chi connectivity index (χ3v) is 5.09. The van der Waals surface area contributed by atoms with Crippen LogP contribution in [0.3, 0.4) is 0 Å². The van der Waals surface area contributed by atoms with Gasteiger partial charge in [0, 0.05) is 17.5 Å². The Labute approximate surface area is 152 Å². The lowest BCUT2D eigenvalue weighted by atomic mass is 10.2. The highest BCUT2D eigenvalue weighted by molar-refractivity contribution is 14.1. The Morgan fingerprint density at radius 2 is 1.87 bits per heavy atom. The van der Waals surface area contributed by atoms with Crippen LogP contribution in [0.5, 0.6) is 11.5 Å². The average molecular weight is 441 g/mol. The van der Waals surface area contributed by atoms with Crippen molar-refractivity contribution < 1.29 is 9.47 Å². The van der Waals surface area contributed by atoms with Crippen molar-refractivity contribution in [2.45, 2.75) is 19.8 Å². The molecule has 0 atom stereocenters. The zero-order valence-corrected chi connectivity index (χ0v) is 16.2. The first-order valence-corrected chi connectivity index (χ1v) is 9.04. The molecule has 3 rings (SSSR count). The molecule has 120 valence electrons. The predicted molar refractivity (Wildman–Crippen MR) is 101 cm³/mol. The second-order valence-electron chi connectivity index (χ2n) is 5.29. The van der Waals surface area contributed by atoms with Gasteiger partial charge in [-0.2, -0.15) is 0 Å². The average Bonchev–Trinajstić information content (AvgIpc) is 3.03. The number of thiazole rings is 1. The van der Waals surface area contributed by atoms with Crippen LogP contribution >= 0.6 is 33.9 Å². The minimum Gasteiger partial charge on any atom is -0.497 e. The molecule has 23 heavy (non-hydrogen) atoms. The van der Waals surface area contributed by atoms with Gasteiger partial charge in [-0.3, -0.25) is 0 Å². The Bertz CT molecular complexity index is 864. The molecule has 0 spiro atoms. The highest BCUT2D eigenvalue weighted by atomic mass is 127. The van der Waals surface area contributed by atoms with Crippen LogP contribution < -0.4 is 9.47 Å². The zero-order valence-electron chi connectivity index (χ0n) is 13.3. The highest BCUT2D eigenvalue weighted by Gasteiger charge is 2.16. The Balaban J connectivity index is 2.19. The molecular weight excluding hydrogens is 425 g/mol. The number of fused-ring (bicyclic) bond motifs is 1. The molecule has 0 N–H and O–H groups in total. The van der Waals surface area contributed by atoms with E-state index in [9.17, 15) is 0 Å². The van der Waals surface area contributed by atoms with Crippen LogP contribution in [0, 0.1) is 3.70 Å².